The van der Waals surface area contributed by atoms with Crippen LogP contribution in [0.25, 0.3) is 0 Å². The normalized spacial score (nSPS) is 23.6. The smallest absolute Gasteiger partial charge is 0.330 e. The first-order valence-electron chi connectivity index (χ1n) is 9.11. The van der Waals surface area contributed by atoms with Gasteiger partial charge in [-0.3, -0.25) is 0 Å². The maximum Gasteiger partial charge on any atom is 0.330 e. The molecule has 0 aromatic heterocycles. The first-order valence-corrected chi connectivity index (χ1v) is 9.11. The third-order valence-electron chi connectivity index (χ3n) is 4.99. The lowest BCUT2D eigenvalue weighted by molar-refractivity contribution is -0.151. The summed E-state index contributed by atoms with van der Waals surface area (Å²) in [6.45, 7) is 3.60. The minimum Gasteiger partial charge on any atom is -0.458 e. The molecule has 0 saturated carbocycles. The number of rotatable bonds is 12. The highest BCUT2D eigenvalue weighted by Crippen LogP contribution is 2.30. The summed E-state index contributed by atoms with van der Waals surface area (Å²) in [4.78, 5) is 12.0. The zero-order valence-electron chi connectivity index (χ0n) is 16.5. The van der Waals surface area contributed by atoms with Gasteiger partial charge in [0.2, 0.25) is 0 Å². The van der Waals surface area contributed by atoms with E-state index in [0.29, 0.717) is 25.7 Å². The van der Waals surface area contributed by atoms with Crippen LogP contribution in [0.1, 0.15) is 39.5 Å². The monoisotopic (exact) mass is 374 g/mol. The van der Waals surface area contributed by atoms with Crippen LogP contribution in [0.4, 0.5) is 0 Å². The van der Waals surface area contributed by atoms with Crippen LogP contribution >= 0.6 is 0 Å². The molecule has 0 aromatic carbocycles. The van der Waals surface area contributed by atoms with Gasteiger partial charge in [-0.1, -0.05) is 12.5 Å². The molecule has 26 heavy (non-hydrogen) atoms. The summed E-state index contributed by atoms with van der Waals surface area (Å²) in [6, 6.07) is 0. The van der Waals surface area contributed by atoms with E-state index in [2.05, 4.69) is 0 Å². The Balaban J connectivity index is 2.75. The van der Waals surface area contributed by atoms with E-state index in [1.807, 2.05) is 6.92 Å². The summed E-state index contributed by atoms with van der Waals surface area (Å²) >= 11 is 0. The number of cyclic esters (lactones) is 1. The number of carbonyl (C=O) groups excluding carboxylic acids is 1. The van der Waals surface area contributed by atoms with E-state index in [1.165, 1.54) is 6.08 Å². The van der Waals surface area contributed by atoms with Crippen molar-refractivity contribution in [1.29, 1.82) is 0 Å². The van der Waals surface area contributed by atoms with Gasteiger partial charge in [-0.25, -0.2) is 4.79 Å². The van der Waals surface area contributed by atoms with Gasteiger partial charge in [-0.15, -0.1) is 0 Å². The Morgan fingerprint density at radius 3 is 2.31 bits per heavy atom. The van der Waals surface area contributed by atoms with Crippen molar-refractivity contribution in [2.75, 3.05) is 27.9 Å². The van der Waals surface area contributed by atoms with Crippen LogP contribution in [-0.4, -0.2) is 74.6 Å². The van der Waals surface area contributed by atoms with Gasteiger partial charge in [-0.2, -0.15) is 0 Å². The molecule has 0 aromatic rings. The number of hydrogen-bond acceptors (Lipinski definition) is 7. The van der Waals surface area contributed by atoms with Crippen LogP contribution in [0.15, 0.2) is 11.6 Å². The van der Waals surface area contributed by atoms with Gasteiger partial charge in [0.25, 0.3) is 0 Å². The zero-order valence-corrected chi connectivity index (χ0v) is 16.5. The van der Waals surface area contributed by atoms with Crippen LogP contribution < -0.4 is 0 Å². The molecule has 0 radical (unpaired) electrons. The predicted octanol–water partition coefficient (Wildman–Crippen LogP) is 1.45. The van der Waals surface area contributed by atoms with Crippen LogP contribution in [0.2, 0.25) is 0 Å². The summed E-state index contributed by atoms with van der Waals surface area (Å²) in [5, 5.41) is 18.9. The fraction of sp³-hybridized carbons (Fsp3) is 0.842. The molecule has 0 aliphatic carbocycles. The second-order valence-corrected chi connectivity index (χ2v) is 7.04. The quantitative estimate of drug-likeness (QED) is 0.499. The van der Waals surface area contributed by atoms with Gasteiger partial charge in [-0.05, 0) is 19.8 Å². The summed E-state index contributed by atoms with van der Waals surface area (Å²) < 4.78 is 21.7. The van der Waals surface area contributed by atoms with Gasteiger partial charge in [0.15, 0.2) is 0 Å². The van der Waals surface area contributed by atoms with Gasteiger partial charge >= 0.3 is 5.97 Å². The highest BCUT2D eigenvalue weighted by Gasteiger charge is 2.33. The lowest BCUT2D eigenvalue weighted by Crippen LogP contribution is -2.39. The topological polar surface area (TPSA) is 94.5 Å². The average Bonchev–Trinajstić information content (AvgIpc) is 2.61. The summed E-state index contributed by atoms with van der Waals surface area (Å²) in [6.07, 6.45) is 2.27. The van der Waals surface area contributed by atoms with Crippen molar-refractivity contribution in [3.8, 4) is 0 Å². The predicted molar refractivity (Wildman–Crippen MR) is 96.8 cm³/mol. The Morgan fingerprint density at radius 1 is 1.15 bits per heavy atom. The summed E-state index contributed by atoms with van der Waals surface area (Å²) in [5.74, 6) is -0.426. The highest BCUT2D eigenvalue weighted by molar-refractivity contribution is 5.83. The van der Waals surface area contributed by atoms with Crippen LogP contribution in [0.3, 0.4) is 0 Å². The number of aliphatic hydroxyl groups excluding tert-OH is 2. The number of esters is 1. The Bertz CT molecular complexity index is 445. The Morgan fingerprint density at radius 2 is 1.81 bits per heavy atom. The SMILES string of the molecule is COC(CC1=CC(=O)O[C@@H]([C@H](C)C(CC(CO)OC)OC)C1)CC(C)O. The van der Waals surface area contributed by atoms with Crippen molar-refractivity contribution in [1.82, 2.24) is 0 Å². The standard InChI is InChI=1S/C19H34O7/c1-12(21)6-15(23-3)7-14-8-18(26-19(22)9-14)13(2)17(25-5)10-16(11-20)24-4/h9,12-13,15-18,20-21H,6-8,10-11H2,1-5H3/t12?,13-,15?,16?,17?,18-/m1/s1. The number of ether oxygens (including phenoxy) is 4. The molecule has 7 nitrogen and oxygen atoms in total. The van der Waals surface area contributed by atoms with E-state index >= 15 is 0 Å². The number of hydrogen-bond donors (Lipinski definition) is 2. The molecule has 0 bridgehead atoms. The van der Waals surface area contributed by atoms with E-state index < -0.39 is 6.10 Å². The second kappa shape index (κ2) is 11.7. The zero-order chi connectivity index (χ0) is 19.7. The molecule has 1 rings (SSSR count). The van der Waals surface area contributed by atoms with Crippen molar-refractivity contribution in [2.24, 2.45) is 5.92 Å². The fourth-order valence-electron chi connectivity index (χ4n) is 3.35. The molecule has 2 N–H and O–H groups in total. The van der Waals surface area contributed by atoms with Gasteiger partial charge in [0, 0.05) is 46.2 Å². The van der Waals surface area contributed by atoms with E-state index in [1.54, 1.807) is 28.3 Å². The first-order chi connectivity index (χ1) is 12.3. The minimum atomic E-state index is -0.465. The van der Waals surface area contributed by atoms with Crippen molar-refractivity contribution < 1.29 is 34.0 Å². The van der Waals surface area contributed by atoms with Crippen LogP contribution in [0.5, 0.6) is 0 Å². The van der Waals surface area contributed by atoms with Crippen LogP contribution in [-0.2, 0) is 23.7 Å². The van der Waals surface area contributed by atoms with Crippen molar-refractivity contribution >= 4 is 5.97 Å². The Kier molecular flexibility index (Phi) is 10.3. The molecule has 0 saturated heterocycles. The van der Waals surface area contributed by atoms with Crippen LogP contribution in [0, 0.1) is 5.92 Å². The second-order valence-electron chi connectivity index (χ2n) is 7.04. The van der Waals surface area contributed by atoms with Gasteiger partial charge < -0.3 is 29.2 Å². The maximum absolute atomic E-state index is 12.0. The lowest BCUT2D eigenvalue weighted by Gasteiger charge is -2.34. The molecule has 152 valence electrons. The molecule has 0 amide bonds. The third-order valence-corrected chi connectivity index (χ3v) is 4.99. The molecule has 1 heterocycles. The highest BCUT2D eigenvalue weighted by atomic mass is 16.5. The maximum atomic E-state index is 12.0. The Hall–Kier alpha value is -0.990. The molecule has 0 spiro atoms. The first kappa shape index (κ1) is 23.0. The Labute approximate surface area is 156 Å². The number of aliphatic hydroxyl groups is 2. The molecule has 1 aliphatic heterocycles. The van der Waals surface area contributed by atoms with Gasteiger partial charge in [0.05, 0.1) is 31.0 Å². The third kappa shape index (κ3) is 7.32. The number of carbonyl (C=O) groups is 1. The molecular weight excluding hydrogens is 340 g/mol. The van der Waals surface area contributed by atoms with Crippen molar-refractivity contribution in [3.63, 3.8) is 0 Å². The van der Waals surface area contributed by atoms with Crippen molar-refractivity contribution in [3.05, 3.63) is 11.6 Å². The van der Waals surface area contributed by atoms with E-state index in [0.717, 1.165) is 5.57 Å². The fourth-order valence-corrected chi connectivity index (χ4v) is 3.35. The van der Waals surface area contributed by atoms with Crippen molar-refractivity contribution in [2.45, 2.75) is 70.1 Å². The largest absolute Gasteiger partial charge is 0.458 e. The minimum absolute atomic E-state index is 0.0605. The van der Waals surface area contributed by atoms with Gasteiger partial charge in [0.1, 0.15) is 6.10 Å². The summed E-state index contributed by atoms with van der Waals surface area (Å²) in [7, 11) is 4.76. The summed E-state index contributed by atoms with van der Waals surface area (Å²) in [5.41, 5.74) is 0.950. The molecule has 0 fully saturated rings. The molecular formula is C19H34O7. The molecule has 1 aliphatic rings. The lowest BCUT2D eigenvalue weighted by atomic mass is 9.87. The molecule has 6 atom stereocenters. The van der Waals surface area contributed by atoms with E-state index in [4.69, 9.17) is 18.9 Å². The van der Waals surface area contributed by atoms with E-state index in [-0.39, 0.29) is 42.9 Å². The molecule has 7 heteroatoms. The number of methoxy groups -OCH3 is 3. The molecule has 4 unspecified atom stereocenters. The van der Waals surface area contributed by atoms with E-state index in [9.17, 15) is 15.0 Å². The average molecular weight is 374 g/mol.